The SMILES string of the molecule is CC(=O)OCC(C)(C(=O)O)c1ccc(C(O)CCCN2CCC(C(O)(c3ccccc3)c3ccccc3)CC2)cc1. The normalized spacial score (nSPS) is 17.0. The van der Waals surface area contributed by atoms with Gasteiger partial charge in [-0.25, -0.2) is 0 Å². The zero-order valence-electron chi connectivity index (χ0n) is 23.9. The number of hydrogen-bond acceptors (Lipinski definition) is 6. The average molecular weight is 560 g/mol. The van der Waals surface area contributed by atoms with Gasteiger partial charge in [-0.05, 0) is 80.4 Å². The number of hydrogen-bond donors (Lipinski definition) is 3. The Bertz CT molecular complexity index is 1230. The van der Waals surface area contributed by atoms with E-state index in [0.29, 0.717) is 12.0 Å². The fraction of sp³-hybridized carbons (Fsp3) is 0.412. The van der Waals surface area contributed by atoms with Crippen LogP contribution in [0, 0.1) is 5.92 Å². The predicted octanol–water partition coefficient (Wildman–Crippen LogP) is 5.05. The highest BCUT2D eigenvalue weighted by molar-refractivity contribution is 5.81. The van der Waals surface area contributed by atoms with E-state index >= 15 is 0 Å². The van der Waals surface area contributed by atoms with Gasteiger partial charge >= 0.3 is 11.9 Å². The van der Waals surface area contributed by atoms with E-state index in [1.54, 1.807) is 24.3 Å². The number of aliphatic hydroxyl groups excluding tert-OH is 1. The number of carboxylic acids is 1. The number of benzene rings is 3. The lowest BCUT2D eigenvalue weighted by Gasteiger charge is -2.42. The lowest BCUT2D eigenvalue weighted by atomic mass is 9.72. The average Bonchev–Trinajstić information content (AvgIpc) is 3.00. The molecule has 218 valence electrons. The van der Waals surface area contributed by atoms with Crippen molar-refractivity contribution in [3.05, 3.63) is 107 Å². The number of rotatable bonds is 12. The van der Waals surface area contributed by atoms with Gasteiger partial charge in [0.15, 0.2) is 0 Å². The Labute approximate surface area is 242 Å². The number of carbonyl (C=O) groups excluding carboxylic acids is 1. The van der Waals surface area contributed by atoms with Crippen LogP contribution >= 0.6 is 0 Å². The standard InChI is InChI=1S/C34H41NO6/c1-25(36)41-24-33(2,32(38)39)27-17-15-26(16-18-27)31(37)14-9-21-35-22-19-30(20-23-35)34(40,28-10-5-3-6-11-28)29-12-7-4-8-13-29/h3-8,10-13,15-18,30-31,37,40H,9,14,19-24H2,1-2H3,(H,38,39). The number of piperidine rings is 1. The summed E-state index contributed by atoms with van der Waals surface area (Å²) in [5, 5.41) is 32.6. The van der Waals surface area contributed by atoms with E-state index in [1.165, 1.54) is 13.8 Å². The fourth-order valence-electron chi connectivity index (χ4n) is 5.86. The number of likely N-dealkylation sites (tertiary alicyclic amines) is 1. The van der Waals surface area contributed by atoms with E-state index < -0.39 is 29.1 Å². The number of ether oxygens (including phenoxy) is 1. The van der Waals surface area contributed by atoms with Crippen molar-refractivity contribution in [1.82, 2.24) is 4.90 Å². The monoisotopic (exact) mass is 559 g/mol. The summed E-state index contributed by atoms with van der Waals surface area (Å²) in [4.78, 5) is 25.5. The van der Waals surface area contributed by atoms with Gasteiger partial charge in [-0.1, -0.05) is 84.9 Å². The molecule has 0 amide bonds. The number of carbonyl (C=O) groups is 2. The van der Waals surface area contributed by atoms with Crippen LogP contribution in [0.1, 0.15) is 67.9 Å². The molecule has 1 aliphatic rings. The minimum absolute atomic E-state index is 0.102. The quantitative estimate of drug-likeness (QED) is 0.267. The molecule has 7 heteroatoms. The van der Waals surface area contributed by atoms with Crippen molar-refractivity contribution in [3.63, 3.8) is 0 Å². The van der Waals surface area contributed by atoms with Crippen molar-refractivity contribution >= 4 is 11.9 Å². The first-order valence-electron chi connectivity index (χ1n) is 14.4. The van der Waals surface area contributed by atoms with Gasteiger partial charge in [-0.3, -0.25) is 9.59 Å². The van der Waals surface area contributed by atoms with Gasteiger partial charge < -0.3 is 25.0 Å². The van der Waals surface area contributed by atoms with Gasteiger partial charge in [0.2, 0.25) is 0 Å². The van der Waals surface area contributed by atoms with Crippen molar-refractivity contribution < 1.29 is 29.6 Å². The lowest BCUT2D eigenvalue weighted by molar-refractivity contribution is -0.151. The maximum atomic E-state index is 12.1. The Morgan fingerprint density at radius 3 is 1.93 bits per heavy atom. The molecule has 0 aliphatic carbocycles. The summed E-state index contributed by atoms with van der Waals surface area (Å²) in [7, 11) is 0. The minimum Gasteiger partial charge on any atom is -0.480 e. The number of esters is 1. The predicted molar refractivity (Wildman–Crippen MR) is 157 cm³/mol. The second-order valence-electron chi connectivity index (χ2n) is 11.3. The van der Waals surface area contributed by atoms with E-state index in [-0.39, 0.29) is 12.5 Å². The molecular weight excluding hydrogens is 518 g/mol. The molecule has 1 heterocycles. The topological polar surface area (TPSA) is 107 Å². The second kappa shape index (κ2) is 13.4. The van der Waals surface area contributed by atoms with Gasteiger partial charge in [0, 0.05) is 6.92 Å². The Kier molecular flexibility index (Phi) is 9.97. The van der Waals surface area contributed by atoms with Gasteiger partial charge in [-0.2, -0.15) is 0 Å². The minimum atomic E-state index is -1.37. The molecule has 0 spiro atoms. The molecular formula is C34H41NO6. The molecule has 0 bridgehead atoms. The molecule has 3 aromatic carbocycles. The summed E-state index contributed by atoms with van der Waals surface area (Å²) in [6, 6.07) is 26.7. The first-order chi connectivity index (χ1) is 19.6. The van der Waals surface area contributed by atoms with Crippen LogP contribution in [-0.2, 0) is 25.3 Å². The summed E-state index contributed by atoms with van der Waals surface area (Å²) >= 11 is 0. The Morgan fingerprint density at radius 2 is 1.44 bits per heavy atom. The largest absolute Gasteiger partial charge is 0.480 e. The highest BCUT2D eigenvalue weighted by Gasteiger charge is 2.41. The molecule has 41 heavy (non-hydrogen) atoms. The molecule has 2 unspecified atom stereocenters. The van der Waals surface area contributed by atoms with Gasteiger partial charge in [0.05, 0.1) is 6.10 Å². The third-order valence-electron chi connectivity index (χ3n) is 8.53. The zero-order valence-corrected chi connectivity index (χ0v) is 23.9. The van der Waals surface area contributed by atoms with Crippen LogP contribution in [0.3, 0.4) is 0 Å². The Morgan fingerprint density at radius 1 is 0.902 bits per heavy atom. The second-order valence-corrected chi connectivity index (χ2v) is 11.3. The molecule has 3 N–H and O–H groups in total. The summed E-state index contributed by atoms with van der Waals surface area (Å²) in [5.74, 6) is -1.51. The van der Waals surface area contributed by atoms with Crippen LogP contribution in [0.2, 0.25) is 0 Å². The molecule has 2 atom stereocenters. The maximum absolute atomic E-state index is 12.1. The fourth-order valence-corrected chi connectivity index (χ4v) is 5.86. The van der Waals surface area contributed by atoms with Crippen molar-refractivity contribution in [1.29, 1.82) is 0 Å². The third kappa shape index (κ3) is 7.04. The van der Waals surface area contributed by atoms with Crippen LogP contribution in [0.15, 0.2) is 84.9 Å². The van der Waals surface area contributed by atoms with Crippen LogP contribution in [0.5, 0.6) is 0 Å². The Hall–Kier alpha value is -3.52. The molecule has 0 saturated carbocycles. The number of carboxylic acid groups (broad SMARTS) is 1. The summed E-state index contributed by atoms with van der Waals surface area (Å²) in [6.45, 7) is 5.13. The smallest absolute Gasteiger partial charge is 0.317 e. The molecule has 1 saturated heterocycles. The number of nitrogens with zero attached hydrogens (tertiary/aromatic N) is 1. The van der Waals surface area contributed by atoms with Gasteiger partial charge in [-0.15, -0.1) is 0 Å². The van der Waals surface area contributed by atoms with Crippen molar-refractivity contribution in [2.75, 3.05) is 26.2 Å². The highest BCUT2D eigenvalue weighted by Crippen LogP contribution is 2.42. The zero-order chi connectivity index (χ0) is 29.5. The van der Waals surface area contributed by atoms with Gasteiger partial charge in [0.25, 0.3) is 0 Å². The summed E-state index contributed by atoms with van der Waals surface area (Å²) in [5.41, 5.74) is 0.683. The highest BCUT2D eigenvalue weighted by atomic mass is 16.5. The van der Waals surface area contributed by atoms with Crippen LogP contribution < -0.4 is 0 Å². The summed E-state index contributed by atoms with van der Waals surface area (Å²) < 4.78 is 4.99. The molecule has 7 nitrogen and oxygen atoms in total. The lowest BCUT2D eigenvalue weighted by Crippen LogP contribution is -2.44. The molecule has 1 fully saturated rings. The Balaban J connectivity index is 1.31. The van der Waals surface area contributed by atoms with Gasteiger partial charge in [0.1, 0.15) is 17.6 Å². The number of aliphatic carboxylic acids is 1. The van der Waals surface area contributed by atoms with E-state index in [4.69, 9.17) is 4.74 Å². The molecule has 3 aromatic rings. The van der Waals surface area contributed by atoms with Crippen LogP contribution in [0.4, 0.5) is 0 Å². The first kappa shape index (κ1) is 30.4. The van der Waals surface area contributed by atoms with E-state index in [0.717, 1.165) is 55.6 Å². The van der Waals surface area contributed by atoms with Crippen LogP contribution in [-0.4, -0.2) is 58.4 Å². The van der Waals surface area contributed by atoms with E-state index in [2.05, 4.69) is 4.90 Å². The van der Waals surface area contributed by atoms with Crippen molar-refractivity contribution in [2.24, 2.45) is 5.92 Å². The summed E-state index contributed by atoms with van der Waals surface area (Å²) in [6.07, 6.45) is 2.49. The third-order valence-corrected chi connectivity index (χ3v) is 8.53. The van der Waals surface area contributed by atoms with Crippen molar-refractivity contribution in [2.45, 2.75) is 56.7 Å². The van der Waals surface area contributed by atoms with E-state index in [9.17, 15) is 24.9 Å². The first-order valence-corrected chi connectivity index (χ1v) is 14.4. The number of aliphatic hydroxyl groups is 2. The van der Waals surface area contributed by atoms with Crippen LogP contribution in [0.25, 0.3) is 0 Å². The molecule has 0 radical (unpaired) electrons. The van der Waals surface area contributed by atoms with Crippen molar-refractivity contribution in [3.8, 4) is 0 Å². The molecule has 0 aromatic heterocycles. The molecule has 1 aliphatic heterocycles. The van der Waals surface area contributed by atoms with E-state index in [1.807, 2.05) is 60.7 Å². The maximum Gasteiger partial charge on any atom is 0.317 e. The molecule has 4 rings (SSSR count).